The monoisotopic (exact) mass is 594 g/mol. The molecule has 168 valence electrons. The molecule has 0 N–H and O–H groups in total. The molecule has 3 aromatic rings. The minimum Gasteiger partial charge on any atom is -0.490 e. The molecule has 9 heteroatoms. The Morgan fingerprint density at radius 3 is 2.48 bits per heavy atom. The average molecular weight is 595 g/mol. The summed E-state index contributed by atoms with van der Waals surface area (Å²) in [5, 5.41) is 21.4. The van der Waals surface area contributed by atoms with Gasteiger partial charge in [0.05, 0.1) is 31.8 Å². The number of rotatable bonds is 8. The predicted octanol–water partition coefficient (Wildman–Crippen LogP) is 7.55. The van der Waals surface area contributed by atoms with E-state index in [0.29, 0.717) is 39.3 Å². The van der Waals surface area contributed by atoms with Crippen LogP contribution in [-0.4, -0.2) is 11.5 Å². The first-order chi connectivity index (χ1) is 15.8. The number of hydrogen-bond donors (Lipinski definition) is 0. The van der Waals surface area contributed by atoms with Crippen LogP contribution >= 0.6 is 45.8 Å². The average Bonchev–Trinajstić information content (AvgIpc) is 2.78. The van der Waals surface area contributed by atoms with Gasteiger partial charge in [-0.1, -0.05) is 29.3 Å². The van der Waals surface area contributed by atoms with Crippen LogP contribution < -0.4 is 9.47 Å². The number of hydrogen-bond acceptors (Lipinski definition) is 5. The third-order valence-corrected chi connectivity index (χ3v) is 5.86. The highest BCUT2D eigenvalue weighted by molar-refractivity contribution is 14.1. The van der Waals surface area contributed by atoms with Crippen molar-refractivity contribution in [1.82, 2.24) is 0 Å². The molecule has 0 aromatic heterocycles. The Hall–Kier alpha value is -2.80. The first kappa shape index (κ1) is 24.8. The molecule has 0 atom stereocenters. The third kappa shape index (κ3) is 6.38. The second-order valence-electron chi connectivity index (χ2n) is 6.77. The zero-order valence-electron chi connectivity index (χ0n) is 17.3. The lowest BCUT2D eigenvalue weighted by molar-refractivity contribution is -0.384. The normalized spacial score (nSPS) is 11.1. The van der Waals surface area contributed by atoms with E-state index in [-0.39, 0.29) is 12.3 Å². The van der Waals surface area contributed by atoms with Crippen LogP contribution in [0.5, 0.6) is 11.5 Å². The summed E-state index contributed by atoms with van der Waals surface area (Å²) in [6, 6.07) is 17.0. The lowest BCUT2D eigenvalue weighted by Crippen LogP contribution is -2.02. The molecule has 33 heavy (non-hydrogen) atoms. The van der Waals surface area contributed by atoms with Crippen molar-refractivity contribution in [3.63, 3.8) is 0 Å². The Kier molecular flexibility index (Phi) is 8.55. The zero-order valence-corrected chi connectivity index (χ0v) is 21.0. The van der Waals surface area contributed by atoms with Crippen molar-refractivity contribution < 1.29 is 14.4 Å². The second-order valence-corrected chi connectivity index (χ2v) is 8.78. The highest BCUT2D eigenvalue weighted by atomic mass is 127. The van der Waals surface area contributed by atoms with E-state index in [1.54, 1.807) is 42.5 Å². The minimum atomic E-state index is -0.445. The smallest absolute Gasteiger partial charge is 0.269 e. The van der Waals surface area contributed by atoms with E-state index in [2.05, 4.69) is 28.7 Å². The van der Waals surface area contributed by atoms with Crippen LogP contribution in [-0.2, 0) is 6.61 Å². The maximum atomic E-state index is 10.8. The maximum absolute atomic E-state index is 10.8. The minimum absolute atomic E-state index is 0.0218. The standard InChI is InChI=1S/C24H17Cl2IN2O4/c1-2-32-23-11-16(9-17(13-28)20-8-5-18(25)12-21(20)26)10-22(27)24(23)33-14-15-3-6-19(7-4-15)29(30)31/h3-12H,2,14H2,1H3/b17-9+. The van der Waals surface area contributed by atoms with Gasteiger partial charge in [0, 0.05) is 22.7 Å². The molecule has 0 radical (unpaired) electrons. The molecule has 0 aliphatic heterocycles. The summed E-state index contributed by atoms with van der Waals surface area (Å²) in [4.78, 5) is 10.4. The topological polar surface area (TPSA) is 85.4 Å². The van der Waals surface area contributed by atoms with Crippen molar-refractivity contribution in [2.45, 2.75) is 13.5 Å². The SMILES string of the molecule is CCOc1cc(/C=C(\C#N)c2ccc(Cl)cc2Cl)cc(I)c1OCc1ccc([N+](=O)[O-])cc1. The quantitative estimate of drug-likeness (QED) is 0.0883. The Labute approximate surface area is 214 Å². The van der Waals surface area contributed by atoms with Gasteiger partial charge in [-0.15, -0.1) is 0 Å². The first-order valence-corrected chi connectivity index (χ1v) is 11.6. The molecule has 3 rings (SSSR count). The second kappa shape index (κ2) is 11.4. The molecule has 3 aromatic carbocycles. The van der Waals surface area contributed by atoms with Gasteiger partial charge in [-0.25, -0.2) is 0 Å². The van der Waals surface area contributed by atoms with Gasteiger partial charge in [0.25, 0.3) is 5.69 Å². The van der Waals surface area contributed by atoms with Gasteiger partial charge in [-0.3, -0.25) is 10.1 Å². The Morgan fingerprint density at radius 1 is 1.15 bits per heavy atom. The first-order valence-electron chi connectivity index (χ1n) is 9.72. The lowest BCUT2D eigenvalue weighted by atomic mass is 10.0. The number of benzene rings is 3. The van der Waals surface area contributed by atoms with Crippen molar-refractivity contribution in [1.29, 1.82) is 5.26 Å². The molecule has 0 aliphatic carbocycles. The summed E-state index contributed by atoms with van der Waals surface area (Å²) in [6.07, 6.45) is 1.72. The summed E-state index contributed by atoms with van der Waals surface area (Å²) in [5.74, 6) is 1.08. The van der Waals surface area contributed by atoms with Crippen LogP contribution in [0.1, 0.15) is 23.6 Å². The van der Waals surface area contributed by atoms with E-state index in [4.69, 9.17) is 32.7 Å². The molecule has 0 fully saturated rings. The van der Waals surface area contributed by atoms with Crippen LogP contribution in [0.2, 0.25) is 10.0 Å². The molecule has 0 unspecified atom stereocenters. The Bertz CT molecular complexity index is 1250. The molecule has 0 saturated heterocycles. The van der Waals surface area contributed by atoms with Gasteiger partial charge in [-0.05, 0) is 83.1 Å². The zero-order chi connectivity index (χ0) is 24.0. The molecular formula is C24H17Cl2IN2O4. The van der Waals surface area contributed by atoms with E-state index in [1.807, 2.05) is 13.0 Å². The highest BCUT2D eigenvalue weighted by Crippen LogP contribution is 2.36. The van der Waals surface area contributed by atoms with Gasteiger partial charge >= 0.3 is 0 Å². The van der Waals surface area contributed by atoms with Gasteiger partial charge in [-0.2, -0.15) is 5.26 Å². The van der Waals surface area contributed by atoms with Crippen LogP contribution in [0.25, 0.3) is 11.6 Å². The lowest BCUT2D eigenvalue weighted by Gasteiger charge is -2.15. The van der Waals surface area contributed by atoms with E-state index in [9.17, 15) is 15.4 Å². The van der Waals surface area contributed by atoms with Crippen LogP contribution in [0.15, 0.2) is 54.6 Å². The van der Waals surface area contributed by atoms with Crippen LogP contribution in [0.3, 0.4) is 0 Å². The fourth-order valence-corrected chi connectivity index (χ4v) is 4.28. The van der Waals surface area contributed by atoms with Crippen molar-refractivity contribution in [2.75, 3.05) is 6.61 Å². The number of halogens is 3. The van der Waals surface area contributed by atoms with Crippen LogP contribution in [0.4, 0.5) is 5.69 Å². The van der Waals surface area contributed by atoms with Gasteiger partial charge in [0.2, 0.25) is 0 Å². The van der Waals surface area contributed by atoms with E-state index in [1.165, 1.54) is 12.1 Å². The highest BCUT2D eigenvalue weighted by Gasteiger charge is 2.14. The summed E-state index contributed by atoms with van der Waals surface area (Å²) in [5.41, 5.74) is 2.51. The summed E-state index contributed by atoms with van der Waals surface area (Å²) < 4.78 is 12.6. The largest absolute Gasteiger partial charge is 0.490 e. The molecule has 0 bridgehead atoms. The number of nitro benzene ring substituents is 1. The van der Waals surface area contributed by atoms with Crippen molar-refractivity contribution in [3.05, 3.63) is 95.0 Å². The van der Waals surface area contributed by atoms with Crippen LogP contribution in [0, 0.1) is 25.0 Å². The van der Waals surface area contributed by atoms with E-state index < -0.39 is 4.92 Å². The number of nitro groups is 1. The number of ether oxygens (including phenoxy) is 2. The fourth-order valence-electron chi connectivity index (χ4n) is 2.99. The van der Waals surface area contributed by atoms with Crippen molar-refractivity contribution >= 4 is 63.1 Å². The summed E-state index contributed by atoms with van der Waals surface area (Å²) >= 11 is 14.4. The van der Waals surface area contributed by atoms with Gasteiger partial charge < -0.3 is 9.47 Å². The fraction of sp³-hybridized carbons (Fsp3) is 0.125. The molecule has 0 heterocycles. The molecule has 0 saturated carbocycles. The molecule has 0 amide bonds. The molecule has 0 aliphatic rings. The van der Waals surface area contributed by atoms with E-state index in [0.717, 1.165) is 14.7 Å². The molecule has 0 spiro atoms. The van der Waals surface area contributed by atoms with Crippen molar-refractivity contribution in [3.8, 4) is 17.6 Å². The number of non-ortho nitro benzene ring substituents is 1. The third-order valence-electron chi connectivity index (χ3n) is 4.51. The maximum Gasteiger partial charge on any atom is 0.269 e. The van der Waals surface area contributed by atoms with E-state index >= 15 is 0 Å². The van der Waals surface area contributed by atoms with Gasteiger partial charge in [0.15, 0.2) is 11.5 Å². The number of nitrogens with zero attached hydrogens (tertiary/aromatic N) is 2. The Morgan fingerprint density at radius 2 is 1.88 bits per heavy atom. The molecule has 6 nitrogen and oxygen atoms in total. The molecular weight excluding hydrogens is 578 g/mol. The summed E-state index contributed by atoms with van der Waals surface area (Å²) in [7, 11) is 0. The number of nitriles is 1. The Balaban J connectivity index is 1.90. The number of allylic oxidation sites excluding steroid dienone is 1. The summed E-state index contributed by atoms with van der Waals surface area (Å²) in [6.45, 7) is 2.50. The van der Waals surface area contributed by atoms with Crippen molar-refractivity contribution in [2.24, 2.45) is 0 Å². The predicted molar refractivity (Wildman–Crippen MR) is 138 cm³/mol. The van der Waals surface area contributed by atoms with Gasteiger partial charge in [0.1, 0.15) is 6.61 Å².